The monoisotopic (exact) mass is 306 g/mol. The van der Waals surface area contributed by atoms with Gasteiger partial charge >= 0.3 is 0 Å². The predicted octanol–water partition coefficient (Wildman–Crippen LogP) is 0.786. The number of aromatic nitrogens is 4. The van der Waals surface area contributed by atoms with Crippen molar-refractivity contribution in [2.45, 2.75) is 51.1 Å². The number of hydrogen-bond donors (Lipinski definition) is 0. The molecule has 0 unspecified atom stereocenters. The van der Waals surface area contributed by atoms with Crippen LogP contribution in [-0.4, -0.2) is 68.6 Å². The number of carbonyl (C=O) groups is 1. The number of aryl methyl sites for hydroxylation is 1. The van der Waals surface area contributed by atoms with Crippen molar-refractivity contribution in [2.24, 2.45) is 5.92 Å². The minimum absolute atomic E-state index is 0.184. The lowest BCUT2D eigenvalue weighted by atomic mass is 9.83. The van der Waals surface area contributed by atoms with E-state index in [4.69, 9.17) is 0 Å². The number of amides is 1. The van der Waals surface area contributed by atoms with Crippen molar-refractivity contribution >= 4 is 5.91 Å². The van der Waals surface area contributed by atoms with Gasteiger partial charge in [0.15, 0.2) is 0 Å². The van der Waals surface area contributed by atoms with E-state index in [1.165, 1.54) is 45.2 Å². The van der Waals surface area contributed by atoms with E-state index in [2.05, 4.69) is 20.4 Å². The van der Waals surface area contributed by atoms with Gasteiger partial charge in [-0.15, -0.1) is 5.10 Å². The van der Waals surface area contributed by atoms with Gasteiger partial charge in [0.05, 0.1) is 6.54 Å². The molecule has 1 aromatic heterocycles. The van der Waals surface area contributed by atoms with Gasteiger partial charge in [-0.25, -0.2) is 4.68 Å². The van der Waals surface area contributed by atoms with Gasteiger partial charge in [0, 0.05) is 26.1 Å². The molecule has 0 aliphatic carbocycles. The fourth-order valence-corrected chi connectivity index (χ4v) is 3.93. The van der Waals surface area contributed by atoms with E-state index in [-0.39, 0.29) is 5.91 Å². The van der Waals surface area contributed by atoms with Crippen LogP contribution in [0.1, 0.15) is 38.5 Å². The van der Waals surface area contributed by atoms with E-state index in [1.54, 1.807) is 11.0 Å². The van der Waals surface area contributed by atoms with Crippen LogP contribution in [0.2, 0.25) is 0 Å². The zero-order valence-electron chi connectivity index (χ0n) is 13.4. The van der Waals surface area contributed by atoms with Crippen LogP contribution in [0.3, 0.4) is 0 Å². The summed E-state index contributed by atoms with van der Waals surface area (Å²) in [6, 6.07) is 0.692. The van der Waals surface area contributed by atoms with Crippen molar-refractivity contribution in [3.05, 3.63) is 6.33 Å². The number of hydrogen-bond acceptors (Lipinski definition) is 5. The molecule has 3 rings (SSSR count). The summed E-state index contributed by atoms with van der Waals surface area (Å²) in [5.74, 6) is 0.819. The van der Waals surface area contributed by atoms with Crippen LogP contribution in [0.15, 0.2) is 6.33 Å². The molecule has 0 N–H and O–H groups in total. The van der Waals surface area contributed by atoms with Crippen molar-refractivity contribution < 1.29 is 4.79 Å². The third-order valence-electron chi connectivity index (χ3n) is 5.11. The molecule has 0 saturated carbocycles. The van der Waals surface area contributed by atoms with Crippen molar-refractivity contribution in [1.82, 2.24) is 30.0 Å². The SMILES string of the molecule is CN(C[C@H]1CCCN2CCCC[C@H]12)C(=O)CCn1cnnn1. The maximum Gasteiger partial charge on any atom is 0.224 e. The Bertz CT molecular complexity index is 474. The lowest BCUT2D eigenvalue weighted by molar-refractivity contribution is -0.131. The number of fused-ring (bicyclic) bond motifs is 1. The largest absolute Gasteiger partial charge is 0.345 e. The van der Waals surface area contributed by atoms with Crippen LogP contribution in [0.4, 0.5) is 0 Å². The molecule has 0 aromatic carbocycles. The Hall–Kier alpha value is -1.50. The molecular weight excluding hydrogens is 280 g/mol. The lowest BCUT2D eigenvalue weighted by Gasteiger charge is -2.45. The summed E-state index contributed by atoms with van der Waals surface area (Å²) >= 11 is 0. The Labute approximate surface area is 131 Å². The molecule has 0 bridgehead atoms. The molecule has 2 aliphatic heterocycles. The molecule has 0 spiro atoms. The first-order valence-electron chi connectivity index (χ1n) is 8.43. The molecule has 2 atom stereocenters. The maximum absolute atomic E-state index is 12.3. The second-order valence-electron chi connectivity index (χ2n) is 6.60. The Morgan fingerprint density at radius 1 is 1.27 bits per heavy atom. The number of carbonyl (C=O) groups excluding carboxylic acids is 1. The van der Waals surface area contributed by atoms with Gasteiger partial charge in [0.1, 0.15) is 6.33 Å². The molecule has 7 heteroatoms. The Morgan fingerprint density at radius 3 is 2.95 bits per heavy atom. The molecule has 1 amide bonds. The number of rotatable bonds is 5. The summed E-state index contributed by atoms with van der Waals surface area (Å²) in [6.07, 6.45) is 8.52. The number of piperidine rings is 2. The van der Waals surface area contributed by atoms with E-state index in [0.717, 1.165) is 6.54 Å². The smallest absolute Gasteiger partial charge is 0.224 e. The summed E-state index contributed by atoms with van der Waals surface area (Å²) in [4.78, 5) is 16.9. The van der Waals surface area contributed by atoms with E-state index < -0.39 is 0 Å². The van der Waals surface area contributed by atoms with Gasteiger partial charge in [-0.3, -0.25) is 4.79 Å². The van der Waals surface area contributed by atoms with Crippen molar-refractivity contribution in [3.8, 4) is 0 Å². The van der Waals surface area contributed by atoms with E-state index in [1.807, 2.05) is 11.9 Å². The van der Waals surface area contributed by atoms with Gasteiger partial charge in [-0.05, 0) is 55.1 Å². The molecule has 3 heterocycles. The van der Waals surface area contributed by atoms with Crippen molar-refractivity contribution in [3.63, 3.8) is 0 Å². The molecule has 1 aromatic rings. The van der Waals surface area contributed by atoms with Crippen LogP contribution < -0.4 is 0 Å². The topological polar surface area (TPSA) is 67.2 Å². The fraction of sp³-hybridized carbons (Fsp3) is 0.867. The predicted molar refractivity (Wildman–Crippen MR) is 82.0 cm³/mol. The minimum Gasteiger partial charge on any atom is -0.345 e. The average molecular weight is 306 g/mol. The minimum atomic E-state index is 0.184. The molecule has 122 valence electrons. The quantitative estimate of drug-likeness (QED) is 0.804. The summed E-state index contributed by atoms with van der Waals surface area (Å²) < 4.78 is 1.61. The second-order valence-corrected chi connectivity index (χ2v) is 6.60. The molecular formula is C15H26N6O. The van der Waals surface area contributed by atoms with Crippen LogP contribution in [0.5, 0.6) is 0 Å². The van der Waals surface area contributed by atoms with Gasteiger partial charge in [0.25, 0.3) is 0 Å². The Kier molecular flexibility index (Phi) is 5.02. The van der Waals surface area contributed by atoms with Gasteiger partial charge in [-0.2, -0.15) is 0 Å². The molecule has 2 aliphatic rings. The van der Waals surface area contributed by atoms with E-state index >= 15 is 0 Å². The molecule has 2 fully saturated rings. The highest BCUT2D eigenvalue weighted by atomic mass is 16.2. The molecule has 22 heavy (non-hydrogen) atoms. The zero-order valence-corrected chi connectivity index (χ0v) is 13.4. The first-order valence-corrected chi connectivity index (χ1v) is 8.43. The van der Waals surface area contributed by atoms with Crippen LogP contribution >= 0.6 is 0 Å². The van der Waals surface area contributed by atoms with Crippen molar-refractivity contribution in [2.75, 3.05) is 26.7 Å². The zero-order chi connectivity index (χ0) is 15.4. The first kappa shape index (κ1) is 15.4. The molecule has 2 saturated heterocycles. The van der Waals surface area contributed by atoms with E-state index in [9.17, 15) is 4.79 Å². The lowest BCUT2D eigenvalue weighted by Crippen LogP contribution is -2.51. The summed E-state index contributed by atoms with van der Waals surface area (Å²) in [5, 5.41) is 11.0. The highest BCUT2D eigenvalue weighted by Crippen LogP contribution is 2.31. The molecule has 7 nitrogen and oxygen atoms in total. The van der Waals surface area contributed by atoms with Gasteiger partial charge < -0.3 is 9.80 Å². The molecule has 0 radical (unpaired) electrons. The third-order valence-corrected chi connectivity index (χ3v) is 5.11. The van der Waals surface area contributed by atoms with Gasteiger partial charge in [0.2, 0.25) is 5.91 Å². The Balaban J connectivity index is 1.49. The van der Waals surface area contributed by atoms with Crippen molar-refractivity contribution in [1.29, 1.82) is 0 Å². The van der Waals surface area contributed by atoms with Crippen LogP contribution in [-0.2, 0) is 11.3 Å². The fourth-order valence-electron chi connectivity index (χ4n) is 3.93. The number of nitrogens with zero attached hydrogens (tertiary/aromatic N) is 6. The summed E-state index contributed by atoms with van der Waals surface area (Å²) in [6.45, 7) is 3.93. The Morgan fingerprint density at radius 2 is 2.14 bits per heavy atom. The average Bonchev–Trinajstić information content (AvgIpc) is 3.06. The highest BCUT2D eigenvalue weighted by molar-refractivity contribution is 5.75. The third kappa shape index (κ3) is 3.63. The second kappa shape index (κ2) is 7.17. The summed E-state index contributed by atoms with van der Waals surface area (Å²) in [5.41, 5.74) is 0. The first-order chi connectivity index (χ1) is 10.7. The van der Waals surface area contributed by atoms with Gasteiger partial charge in [-0.1, -0.05) is 6.42 Å². The van der Waals surface area contributed by atoms with E-state index in [0.29, 0.717) is 24.9 Å². The summed E-state index contributed by atoms with van der Waals surface area (Å²) in [7, 11) is 1.93. The maximum atomic E-state index is 12.3. The highest BCUT2D eigenvalue weighted by Gasteiger charge is 2.33. The normalized spacial score (nSPS) is 25.7. The standard InChI is InChI=1S/C15H26N6O/c1-19(15(22)7-10-21-12-16-17-18-21)11-13-5-4-9-20-8-3-2-6-14(13)20/h12-14H,2-11H2,1H3/t13-,14-/m1/s1. The van der Waals surface area contributed by atoms with Crippen LogP contribution in [0, 0.1) is 5.92 Å². The number of tetrazole rings is 1. The van der Waals surface area contributed by atoms with Crippen LogP contribution in [0.25, 0.3) is 0 Å².